The number of Topliss-reactive ketones (excluding diaryl/α,β-unsaturated/α-hetero) is 1. The largest absolute Gasteiger partial charge is 0.396 e. The Balaban J connectivity index is 0.00000106. The van der Waals surface area contributed by atoms with Crippen LogP contribution in [0.3, 0.4) is 0 Å². The highest BCUT2D eigenvalue weighted by Gasteiger charge is 2.61. The van der Waals surface area contributed by atoms with Crippen molar-refractivity contribution in [2.45, 2.75) is 218 Å². The number of fused-ring (bicyclic) bond motifs is 5. The lowest BCUT2D eigenvalue weighted by Crippen LogP contribution is -2.62. The zero-order valence-electron chi connectivity index (χ0n) is 40.8. The minimum Gasteiger partial charge on any atom is -0.396 e. The lowest BCUT2D eigenvalue weighted by atomic mass is 9.47. The molecule has 18 nitrogen and oxygen atoms in total. The van der Waals surface area contributed by atoms with Gasteiger partial charge in [0.1, 0.15) is 73.1 Å². The summed E-state index contributed by atoms with van der Waals surface area (Å²) in [5, 5.41) is 103. The molecule has 2 aliphatic heterocycles. The maximum Gasteiger partial charge on any atom is 0.189 e. The van der Waals surface area contributed by atoms with Gasteiger partial charge in [0, 0.05) is 32.5 Å². The van der Waals surface area contributed by atoms with Crippen molar-refractivity contribution in [3.05, 3.63) is 11.6 Å². The predicted molar refractivity (Wildman–Crippen MR) is 240 cm³/mol. The van der Waals surface area contributed by atoms with Crippen LogP contribution in [0, 0.1) is 34.5 Å². The molecule has 0 aromatic rings. The second kappa shape index (κ2) is 27.2. The van der Waals surface area contributed by atoms with Crippen LogP contribution in [0.15, 0.2) is 11.6 Å². The molecule has 21 atom stereocenters. The van der Waals surface area contributed by atoms with Crippen molar-refractivity contribution in [3.63, 3.8) is 0 Å². The second-order valence-electron chi connectivity index (χ2n) is 18.8. The monoisotopic (exact) mass is 951 g/mol. The zero-order chi connectivity index (χ0) is 49.7. The van der Waals surface area contributed by atoms with Gasteiger partial charge in [-0.2, -0.15) is 0 Å². The van der Waals surface area contributed by atoms with Gasteiger partial charge in [0.05, 0.1) is 25.4 Å². The van der Waals surface area contributed by atoms with Gasteiger partial charge in [-0.25, -0.2) is 0 Å². The first-order chi connectivity index (χ1) is 31.4. The molecule has 2 saturated heterocycles. The number of aldehydes is 1. The van der Waals surface area contributed by atoms with Gasteiger partial charge in [0.15, 0.2) is 18.9 Å². The van der Waals surface area contributed by atoms with Crippen molar-refractivity contribution in [2.75, 3.05) is 26.9 Å². The first-order valence-electron chi connectivity index (χ1n) is 24.5. The third-order valence-corrected chi connectivity index (χ3v) is 15.2. The summed E-state index contributed by atoms with van der Waals surface area (Å²) in [7, 11) is 1.24. The van der Waals surface area contributed by atoms with Crippen molar-refractivity contribution < 1.29 is 89.1 Å². The summed E-state index contributed by atoms with van der Waals surface area (Å²) in [6.45, 7) is 15.3. The van der Waals surface area contributed by atoms with Crippen molar-refractivity contribution >= 4 is 12.1 Å². The van der Waals surface area contributed by atoms with Crippen LogP contribution in [0.5, 0.6) is 0 Å². The van der Waals surface area contributed by atoms with Crippen LogP contribution in [0.1, 0.15) is 126 Å². The molecule has 21 unspecified atom stereocenters. The number of hydrogen-bond donors (Lipinski definition) is 10. The summed E-state index contributed by atoms with van der Waals surface area (Å²) in [5.74, 6) is 0.891. The van der Waals surface area contributed by atoms with Gasteiger partial charge in [-0.3, -0.25) is 4.79 Å². The molecule has 18 heteroatoms. The first kappa shape index (κ1) is 58.8. The highest BCUT2D eigenvalue weighted by atomic mass is 16.8. The molecule has 10 N–H and O–H groups in total. The molecule has 6 rings (SSSR count). The number of allylic oxidation sites excluding steroid dienone is 1. The molecular formula is C48H86O18. The maximum atomic E-state index is 13.1. The van der Waals surface area contributed by atoms with E-state index in [-0.39, 0.29) is 47.6 Å². The molecule has 0 radical (unpaired) electrons. The van der Waals surface area contributed by atoms with E-state index in [9.17, 15) is 55.5 Å². The molecule has 0 aromatic heterocycles. The average Bonchev–Trinajstić information content (AvgIpc) is 3.58. The molecule has 66 heavy (non-hydrogen) atoms. The number of unbranched alkanes of at least 4 members (excludes halogenated alkanes) is 2. The van der Waals surface area contributed by atoms with E-state index in [1.165, 1.54) is 26.0 Å². The fraction of sp³-hybridized carbons (Fsp3) is 0.917. The molecule has 0 amide bonds. The minimum absolute atomic E-state index is 0.125. The molecule has 4 aliphatic carbocycles. The van der Waals surface area contributed by atoms with Crippen LogP contribution in [0.4, 0.5) is 0 Å². The smallest absolute Gasteiger partial charge is 0.189 e. The number of methoxy groups -OCH3 is 1. The Morgan fingerprint density at radius 1 is 0.818 bits per heavy atom. The van der Waals surface area contributed by atoms with Gasteiger partial charge in [0.2, 0.25) is 0 Å². The normalized spacial score (nSPS) is 41.3. The topological polar surface area (TPSA) is 292 Å². The quantitative estimate of drug-likeness (QED) is 0.0564. The number of ketones is 1. The standard InChI is InChI=1S/C39H62O17.C5H12O.2C2H6/c1-17-27(43)29(45)32(48)36(53-17)55-34(25(15-41)51-4)28(44)26(54-37-33(49)30(46)31(47)35(50)56-37)16-52-19-7-10-38(2)18(13-19)5-6-20-21(38)8-11-39(3)22(9-12-40)24(42)14-23(20)39;1-2-3-4-5-6;2*1-2/h5,12,17,19-23,25-37,41,43-50H,6-11,13-16H2,1-4H3;6H,2-5H2,1H3;2*1-2H3. The van der Waals surface area contributed by atoms with Crippen LogP contribution >= 0.6 is 0 Å². The van der Waals surface area contributed by atoms with E-state index in [0.29, 0.717) is 37.7 Å². The van der Waals surface area contributed by atoms with E-state index in [2.05, 4.69) is 26.8 Å². The van der Waals surface area contributed by atoms with Crippen molar-refractivity contribution in [1.82, 2.24) is 0 Å². The highest BCUT2D eigenvalue weighted by Crippen LogP contribution is 2.66. The van der Waals surface area contributed by atoms with E-state index in [0.717, 1.165) is 44.8 Å². The van der Waals surface area contributed by atoms with E-state index >= 15 is 0 Å². The van der Waals surface area contributed by atoms with E-state index in [1.54, 1.807) is 0 Å². The van der Waals surface area contributed by atoms with Gasteiger partial charge in [0.25, 0.3) is 0 Å². The molecule has 0 spiro atoms. The summed E-state index contributed by atoms with van der Waals surface area (Å²) < 4.78 is 34.6. The molecule has 6 aliphatic rings. The third kappa shape index (κ3) is 13.0. The number of rotatable bonds is 17. The Morgan fingerprint density at radius 2 is 1.45 bits per heavy atom. The fourth-order valence-corrected chi connectivity index (χ4v) is 11.3. The Hall–Kier alpha value is -1.56. The number of carbonyl (C=O) groups is 2. The summed E-state index contributed by atoms with van der Waals surface area (Å²) in [6, 6.07) is 0. The summed E-state index contributed by atoms with van der Waals surface area (Å²) in [4.78, 5) is 24.6. The van der Waals surface area contributed by atoms with Gasteiger partial charge in [-0.1, -0.05) is 73.0 Å². The van der Waals surface area contributed by atoms with Crippen LogP contribution in [-0.4, -0.2) is 182 Å². The van der Waals surface area contributed by atoms with Crippen LogP contribution in [-0.2, 0) is 38.0 Å². The Kier molecular flexibility index (Phi) is 24.2. The minimum atomic E-state index is -1.96. The number of ether oxygens (including phenoxy) is 6. The fourth-order valence-electron chi connectivity index (χ4n) is 11.3. The van der Waals surface area contributed by atoms with Gasteiger partial charge >= 0.3 is 0 Å². The van der Waals surface area contributed by atoms with Crippen LogP contribution in [0.2, 0.25) is 0 Å². The van der Waals surface area contributed by atoms with E-state index in [4.69, 9.17) is 33.5 Å². The molecule has 3 saturated carbocycles. The van der Waals surface area contributed by atoms with Gasteiger partial charge < -0.3 is 84.3 Å². The first-order valence-corrected chi connectivity index (χ1v) is 24.5. The molecule has 0 aromatic carbocycles. The number of carbonyl (C=O) groups excluding carboxylic acids is 2. The average molecular weight is 951 g/mol. The molecule has 2 heterocycles. The lowest BCUT2D eigenvalue weighted by Gasteiger charge is -2.58. The highest BCUT2D eigenvalue weighted by molar-refractivity contribution is 5.86. The Bertz CT molecular complexity index is 1460. The van der Waals surface area contributed by atoms with Crippen LogP contribution < -0.4 is 0 Å². The second-order valence-corrected chi connectivity index (χ2v) is 18.8. The zero-order valence-corrected chi connectivity index (χ0v) is 40.8. The van der Waals surface area contributed by atoms with Crippen LogP contribution in [0.25, 0.3) is 0 Å². The van der Waals surface area contributed by atoms with Crippen molar-refractivity contribution in [1.29, 1.82) is 0 Å². The lowest BCUT2D eigenvalue weighted by molar-refractivity contribution is -0.361. The third-order valence-electron chi connectivity index (χ3n) is 15.2. The van der Waals surface area contributed by atoms with E-state index in [1.807, 2.05) is 27.7 Å². The molecule has 5 fully saturated rings. The number of hydrogen-bond acceptors (Lipinski definition) is 18. The number of aliphatic hydroxyl groups excluding tert-OH is 10. The summed E-state index contributed by atoms with van der Waals surface area (Å²) in [5.41, 5.74) is 0.938. The van der Waals surface area contributed by atoms with Gasteiger partial charge in [-0.15, -0.1) is 0 Å². The molecular weight excluding hydrogens is 865 g/mol. The SMILES string of the molecule is CC.CC.CCCCCO.COC(CO)C(OC1OC(C)C(O)C(O)C1O)C(O)C(COC1CCC2(C)C(=CCC3C2CCC2(C)C(CC=O)C(=O)CC32)C1)OC1OC(O)C(O)C(O)C1O. The molecule has 0 bridgehead atoms. The number of aliphatic hydroxyl groups is 10. The molecule has 386 valence electrons. The summed E-state index contributed by atoms with van der Waals surface area (Å²) >= 11 is 0. The Labute approximate surface area is 391 Å². The predicted octanol–water partition coefficient (Wildman–Crippen LogP) is 1.66. The summed E-state index contributed by atoms with van der Waals surface area (Å²) in [6.07, 6.45) is -11.4. The van der Waals surface area contributed by atoms with Gasteiger partial charge in [-0.05, 0) is 80.5 Å². The Morgan fingerprint density at radius 3 is 2.03 bits per heavy atom. The maximum absolute atomic E-state index is 13.1. The van der Waals surface area contributed by atoms with Crippen molar-refractivity contribution in [3.8, 4) is 0 Å². The van der Waals surface area contributed by atoms with E-state index < -0.39 is 92.6 Å². The van der Waals surface area contributed by atoms with Crippen molar-refractivity contribution in [2.24, 2.45) is 34.5 Å².